The second kappa shape index (κ2) is 15.0. The largest absolute Gasteiger partial charge is 0.392 e. The molecule has 0 saturated carbocycles. The number of aliphatic hydroxyl groups excluding tert-OH is 1. The summed E-state index contributed by atoms with van der Waals surface area (Å²) in [5.41, 5.74) is 5.04. The Balaban J connectivity index is 1.30. The molecule has 0 bridgehead atoms. The van der Waals surface area contributed by atoms with Gasteiger partial charge in [-0.05, 0) is 53.1 Å². The first-order chi connectivity index (χ1) is 21.4. The predicted octanol–water partition coefficient (Wildman–Crippen LogP) is 7.04. The zero-order valence-electron chi connectivity index (χ0n) is 24.7. The molecule has 1 heterocycles. The molecule has 0 unspecified atom stereocenters. The maximum absolute atomic E-state index is 12.6. The van der Waals surface area contributed by atoms with Gasteiger partial charge < -0.3 is 30.5 Å². The fraction of sp³-hybridized carbons (Fsp3) is 0.257. The van der Waals surface area contributed by atoms with Crippen molar-refractivity contribution in [1.29, 1.82) is 0 Å². The van der Waals surface area contributed by atoms with Gasteiger partial charge in [0, 0.05) is 47.0 Å². The molecule has 0 aliphatic carbocycles. The summed E-state index contributed by atoms with van der Waals surface area (Å²) >= 11 is 1.68. The first-order valence-electron chi connectivity index (χ1n) is 14.6. The molecule has 0 spiro atoms. The van der Waals surface area contributed by atoms with Crippen molar-refractivity contribution in [2.45, 2.75) is 50.4 Å². The number of carbonyl (C=O) groups is 2. The summed E-state index contributed by atoms with van der Waals surface area (Å²) in [7, 11) is 0. The summed E-state index contributed by atoms with van der Waals surface area (Å²) in [6.07, 6.45) is -1.06. The molecule has 9 heteroatoms. The van der Waals surface area contributed by atoms with Gasteiger partial charge in [-0.3, -0.25) is 4.79 Å². The number of nitrogens with one attached hydrogen (secondary N) is 3. The number of benzene rings is 4. The quantitative estimate of drug-likeness (QED) is 0.143. The highest BCUT2D eigenvalue weighted by molar-refractivity contribution is 7.99. The van der Waals surface area contributed by atoms with Crippen molar-refractivity contribution >= 4 is 35.1 Å². The minimum absolute atomic E-state index is 0.0220. The first-order valence-corrected chi connectivity index (χ1v) is 15.6. The van der Waals surface area contributed by atoms with Crippen molar-refractivity contribution in [1.82, 2.24) is 5.32 Å². The van der Waals surface area contributed by atoms with Gasteiger partial charge in [-0.2, -0.15) is 0 Å². The van der Waals surface area contributed by atoms with Crippen LogP contribution in [-0.4, -0.2) is 28.9 Å². The lowest BCUT2D eigenvalue weighted by Gasteiger charge is -2.41. The maximum Gasteiger partial charge on any atom is 0.319 e. The van der Waals surface area contributed by atoms with Crippen LogP contribution < -0.4 is 16.0 Å². The summed E-state index contributed by atoms with van der Waals surface area (Å²) in [4.78, 5) is 25.1. The van der Waals surface area contributed by atoms with Gasteiger partial charge in [0.15, 0.2) is 6.29 Å². The molecule has 1 aliphatic rings. The molecular weight excluding hydrogens is 574 g/mol. The van der Waals surface area contributed by atoms with E-state index in [-0.39, 0.29) is 36.7 Å². The standard InChI is InChI=1S/C35H37N3O5S/c1-23-32(22-44-31-17-15-29(16-18-31)37-24(2)40)42-34(43-33(23)27-13-11-26(21-39)12-14-27)28-9-6-10-30(19-28)38-35(41)36-20-25-7-4-3-5-8-25/h3-19,23,32-34,39H,20-22H2,1-2H3,(H,37,40)(H2,36,38,41)/t23-,32+,33+,34+/m1/s1. The fourth-order valence-electron chi connectivity index (χ4n) is 5.04. The number of carbonyl (C=O) groups excluding carboxylic acids is 2. The number of anilines is 2. The molecule has 4 aromatic rings. The Morgan fingerprint density at radius 2 is 1.55 bits per heavy atom. The third-order valence-corrected chi connectivity index (χ3v) is 8.53. The Kier molecular flexibility index (Phi) is 10.7. The normalized spacial score (nSPS) is 19.6. The number of urea groups is 1. The molecule has 1 fully saturated rings. The van der Waals surface area contributed by atoms with Crippen molar-refractivity contribution in [2.75, 3.05) is 16.4 Å². The molecular formula is C35H37N3O5S. The highest BCUT2D eigenvalue weighted by atomic mass is 32.2. The summed E-state index contributed by atoms with van der Waals surface area (Å²) in [5.74, 6) is 0.611. The summed E-state index contributed by atoms with van der Waals surface area (Å²) < 4.78 is 13.2. The van der Waals surface area contributed by atoms with Gasteiger partial charge in [0.2, 0.25) is 5.91 Å². The van der Waals surface area contributed by atoms with Crippen molar-refractivity contribution < 1.29 is 24.2 Å². The molecule has 0 radical (unpaired) electrons. The van der Waals surface area contributed by atoms with E-state index >= 15 is 0 Å². The Morgan fingerprint density at radius 1 is 0.795 bits per heavy atom. The van der Waals surface area contributed by atoms with Crippen molar-refractivity contribution in [3.8, 4) is 0 Å². The molecule has 4 atom stereocenters. The molecule has 228 valence electrons. The van der Waals surface area contributed by atoms with E-state index in [9.17, 15) is 14.7 Å². The molecule has 44 heavy (non-hydrogen) atoms. The average Bonchev–Trinajstić information content (AvgIpc) is 3.04. The topological polar surface area (TPSA) is 109 Å². The number of hydrogen-bond acceptors (Lipinski definition) is 6. The molecule has 3 amide bonds. The van der Waals surface area contributed by atoms with E-state index in [2.05, 4.69) is 22.9 Å². The number of ether oxygens (including phenoxy) is 2. The molecule has 1 saturated heterocycles. The van der Waals surface area contributed by atoms with Gasteiger partial charge in [-0.25, -0.2) is 4.79 Å². The number of rotatable bonds is 10. The van der Waals surface area contributed by atoms with Crippen LogP contribution in [0.15, 0.2) is 108 Å². The van der Waals surface area contributed by atoms with Gasteiger partial charge in [0.05, 0.1) is 18.8 Å². The Bertz CT molecular complexity index is 1530. The van der Waals surface area contributed by atoms with Gasteiger partial charge in [0.1, 0.15) is 0 Å². The van der Waals surface area contributed by atoms with E-state index in [1.807, 2.05) is 103 Å². The van der Waals surface area contributed by atoms with Crippen LogP contribution >= 0.6 is 11.8 Å². The smallest absolute Gasteiger partial charge is 0.319 e. The summed E-state index contributed by atoms with van der Waals surface area (Å²) in [6.45, 7) is 4.02. The lowest BCUT2D eigenvalue weighted by Crippen LogP contribution is -2.38. The maximum atomic E-state index is 12.6. The van der Waals surface area contributed by atoms with Crippen LogP contribution in [-0.2, 0) is 27.4 Å². The molecule has 4 N–H and O–H groups in total. The second-order valence-electron chi connectivity index (χ2n) is 10.8. The van der Waals surface area contributed by atoms with Crippen LogP contribution in [0, 0.1) is 5.92 Å². The number of amides is 3. The lowest BCUT2D eigenvalue weighted by molar-refractivity contribution is -0.268. The third-order valence-electron chi connectivity index (χ3n) is 7.42. The zero-order valence-corrected chi connectivity index (χ0v) is 25.6. The van der Waals surface area contributed by atoms with Gasteiger partial charge in [0.25, 0.3) is 0 Å². The average molecular weight is 612 g/mol. The van der Waals surface area contributed by atoms with Gasteiger partial charge >= 0.3 is 6.03 Å². The van der Waals surface area contributed by atoms with Crippen LogP contribution in [0.2, 0.25) is 0 Å². The van der Waals surface area contributed by atoms with Crippen LogP contribution in [0.1, 0.15) is 48.5 Å². The van der Waals surface area contributed by atoms with Gasteiger partial charge in [-0.1, -0.05) is 73.7 Å². The minimum atomic E-state index is -0.657. The van der Waals surface area contributed by atoms with E-state index in [0.717, 1.165) is 32.8 Å². The zero-order chi connectivity index (χ0) is 30.9. The van der Waals surface area contributed by atoms with E-state index in [1.165, 1.54) is 6.92 Å². The Morgan fingerprint density at radius 3 is 2.25 bits per heavy atom. The molecule has 5 rings (SSSR count). The van der Waals surface area contributed by atoms with Crippen molar-refractivity contribution in [3.05, 3.63) is 125 Å². The predicted molar refractivity (Wildman–Crippen MR) is 173 cm³/mol. The monoisotopic (exact) mass is 611 g/mol. The molecule has 0 aromatic heterocycles. The minimum Gasteiger partial charge on any atom is -0.392 e. The Hall–Kier alpha value is -4.15. The van der Waals surface area contributed by atoms with E-state index in [4.69, 9.17) is 9.47 Å². The molecule has 1 aliphatic heterocycles. The number of thioether (sulfide) groups is 1. The highest BCUT2D eigenvalue weighted by Gasteiger charge is 2.38. The molecule has 4 aromatic carbocycles. The van der Waals surface area contributed by atoms with Crippen LogP contribution in [0.4, 0.5) is 16.2 Å². The highest BCUT2D eigenvalue weighted by Crippen LogP contribution is 2.43. The molecule has 8 nitrogen and oxygen atoms in total. The van der Waals surface area contributed by atoms with Crippen molar-refractivity contribution in [3.63, 3.8) is 0 Å². The van der Waals surface area contributed by atoms with Crippen LogP contribution in [0.3, 0.4) is 0 Å². The van der Waals surface area contributed by atoms with Crippen LogP contribution in [0.5, 0.6) is 0 Å². The van der Waals surface area contributed by atoms with Gasteiger partial charge in [-0.15, -0.1) is 11.8 Å². The second-order valence-corrected chi connectivity index (χ2v) is 11.9. The van der Waals surface area contributed by atoms with Crippen LogP contribution in [0.25, 0.3) is 0 Å². The number of hydrogen-bond donors (Lipinski definition) is 4. The third kappa shape index (κ3) is 8.48. The first kappa shape index (κ1) is 31.3. The fourth-order valence-corrected chi connectivity index (χ4v) is 6.11. The van der Waals surface area contributed by atoms with E-state index in [1.54, 1.807) is 11.8 Å². The SMILES string of the molecule is CC(=O)Nc1ccc(SC[C@@H]2O[C@H](c3cccc(NC(=O)NCc4ccccc4)c3)O[C@H](c3ccc(CO)cc3)[C@@H]2C)cc1. The Labute approximate surface area is 262 Å². The number of aliphatic hydroxyl groups is 1. The summed E-state index contributed by atoms with van der Waals surface area (Å²) in [6, 6.07) is 32.5. The van der Waals surface area contributed by atoms with E-state index in [0.29, 0.717) is 18.0 Å². The summed E-state index contributed by atoms with van der Waals surface area (Å²) in [5, 5.41) is 18.1. The lowest BCUT2D eigenvalue weighted by atomic mass is 9.91. The van der Waals surface area contributed by atoms with Crippen molar-refractivity contribution in [2.24, 2.45) is 5.92 Å². The van der Waals surface area contributed by atoms with E-state index < -0.39 is 6.29 Å².